The molecule has 0 fully saturated rings. The van der Waals surface area contributed by atoms with E-state index in [-0.39, 0.29) is 17.6 Å². The molecule has 0 saturated carbocycles. The van der Waals surface area contributed by atoms with E-state index in [0.29, 0.717) is 11.1 Å². The summed E-state index contributed by atoms with van der Waals surface area (Å²) in [5.41, 5.74) is 7.35. The first kappa shape index (κ1) is 13.6. The summed E-state index contributed by atoms with van der Waals surface area (Å²) < 4.78 is 0. The van der Waals surface area contributed by atoms with E-state index in [1.165, 1.54) is 6.20 Å². The number of H-pyrrole nitrogens is 1. The van der Waals surface area contributed by atoms with Gasteiger partial charge in [-0.05, 0) is 18.1 Å². The van der Waals surface area contributed by atoms with Crippen LogP contribution in [0.4, 0.5) is 5.82 Å². The van der Waals surface area contributed by atoms with Crippen molar-refractivity contribution in [2.24, 2.45) is 10.9 Å². The van der Waals surface area contributed by atoms with Crippen molar-refractivity contribution in [2.45, 2.75) is 13.3 Å². The number of carbonyl (C=O) groups is 1. The number of oxime groups is 1. The molecular formula is C13H15N5O2. The fraction of sp³-hybridized carbons (Fsp3) is 0.154. The van der Waals surface area contributed by atoms with Crippen molar-refractivity contribution in [1.82, 2.24) is 10.2 Å². The number of aromatic amines is 1. The maximum atomic E-state index is 12.3. The second-order valence-electron chi connectivity index (χ2n) is 4.11. The summed E-state index contributed by atoms with van der Waals surface area (Å²) >= 11 is 0. The number of aryl methyl sites for hydroxylation is 1. The first-order valence-corrected chi connectivity index (χ1v) is 6.07. The number of nitrogens with one attached hydrogen (secondary N) is 2. The van der Waals surface area contributed by atoms with E-state index >= 15 is 0 Å². The van der Waals surface area contributed by atoms with Crippen molar-refractivity contribution in [3.05, 3.63) is 47.2 Å². The van der Waals surface area contributed by atoms with Gasteiger partial charge in [0.15, 0.2) is 5.84 Å². The molecule has 1 aromatic carbocycles. The highest BCUT2D eigenvalue weighted by Crippen LogP contribution is 2.15. The van der Waals surface area contributed by atoms with Crippen LogP contribution in [-0.2, 0) is 6.42 Å². The number of carbonyl (C=O) groups excluding carboxylic acids is 1. The Bertz CT molecular complexity index is 648. The lowest BCUT2D eigenvalue weighted by Gasteiger charge is -2.08. The average molecular weight is 273 g/mol. The van der Waals surface area contributed by atoms with Gasteiger partial charge in [0.1, 0.15) is 5.82 Å². The molecule has 0 aliphatic rings. The highest BCUT2D eigenvalue weighted by molar-refractivity contribution is 6.09. The zero-order chi connectivity index (χ0) is 14.5. The Morgan fingerprint density at radius 1 is 1.45 bits per heavy atom. The van der Waals surface area contributed by atoms with Gasteiger partial charge in [0.2, 0.25) is 0 Å². The third-order valence-corrected chi connectivity index (χ3v) is 2.90. The molecule has 0 aliphatic carbocycles. The standard InChI is InChI=1S/C13H15N5O2/c1-2-8-5-3-4-6-9(8)13(19)16-12-10(7-15-17-12)11(14)18-20/h3-7,20H,2H2,1H3,(H2,14,18)(H2,15,16,17,19). The fourth-order valence-electron chi connectivity index (χ4n) is 1.86. The van der Waals surface area contributed by atoms with E-state index < -0.39 is 0 Å². The molecular weight excluding hydrogens is 258 g/mol. The van der Waals surface area contributed by atoms with E-state index in [1.807, 2.05) is 19.1 Å². The SMILES string of the molecule is CCc1ccccc1C(=O)Nc1[nH]ncc1/C(N)=N/O. The molecule has 2 rings (SSSR count). The van der Waals surface area contributed by atoms with Gasteiger partial charge in [-0.2, -0.15) is 5.10 Å². The van der Waals surface area contributed by atoms with Gasteiger partial charge in [0.25, 0.3) is 5.91 Å². The summed E-state index contributed by atoms with van der Waals surface area (Å²) in [4.78, 5) is 12.3. The molecule has 7 heteroatoms. The number of nitrogens with two attached hydrogens (primary N) is 1. The number of hydrogen-bond donors (Lipinski definition) is 4. The molecule has 2 aromatic rings. The number of aromatic nitrogens is 2. The second kappa shape index (κ2) is 5.87. The van der Waals surface area contributed by atoms with Gasteiger partial charge in [-0.3, -0.25) is 9.89 Å². The molecule has 1 heterocycles. The Labute approximate surface area is 115 Å². The quantitative estimate of drug-likeness (QED) is 0.291. The van der Waals surface area contributed by atoms with Crippen LogP contribution in [0.1, 0.15) is 28.4 Å². The van der Waals surface area contributed by atoms with E-state index in [0.717, 1.165) is 12.0 Å². The van der Waals surface area contributed by atoms with Crippen molar-refractivity contribution in [1.29, 1.82) is 0 Å². The molecule has 20 heavy (non-hydrogen) atoms. The second-order valence-corrected chi connectivity index (χ2v) is 4.11. The Morgan fingerprint density at radius 2 is 2.20 bits per heavy atom. The zero-order valence-electron chi connectivity index (χ0n) is 10.9. The molecule has 0 bridgehead atoms. The molecule has 0 saturated heterocycles. The Kier molecular flexibility index (Phi) is 3.99. The Morgan fingerprint density at radius 3 is 2.90 bits per heavy atom. The number of benzene rings is 1. The first-order chi connectivity index (χ1) is 9.67. The maximum absolute atomic E-state index is 12.3. The lowest BCUT2D eigenvalue weighted by molar-refractivity contribution is 0.102. The predicted octanol–water partition coefficient (Wildman–Crippen LogP) is 1.32. The lowest BCUT2D eigenvalue weighted by atomic mass is 10.0. The van der Waals surface area contributed by atoms with Crippen LogP contribution in [0.5, 0.6) is 0 Å². The van der Waals surface area contributed by atoms with E-state index in [2.05, 4.69) is 20.7 Å². The Balaban J connectivity index is 2.27. The van der Waals surface area contributed by atoms with Crippen LogP contribution < -0.4 is 11.1 Å². The summed E-state index contributed by atoms with van der Waals surface area (Å²) in [6, 6.07) is 7.32. The number of amidine groups is 1. The third-order valence-electron chi connectivity index (χ3n) is 2.90. The molecule has 7 nitrogen and oxygen atoms in total. The molecule has 0 spiro atoms. The number of rotatable bonds is 4. The fourth-order valence-corrected chi connectivity index (χ4v) is 1.86. The van der Waals surface area contributed by atoms with Crippen molar-refractivity contribution in [2.75, 3.05) is 5.32 Å². The number of anilines is 1. The summed E-state index contributed by atoms with van der Waals surface area (Å²) in [5.74, 6) is -0.118. The number of nitrogens with zero attached hydrogens (tertiary/aromatic N) is 2. The molecule has 0 radical (unpaired) electrons. The van der Waals surface area contributed by atoms with Gasteiger partial charge in [0, 0.05) is 5.56 Å². The number of hydrogen-bond acceptors (Lipinski definition) is 4. The monoisotopic (exact) mass is 273 g/mol. The van der Waals surface area contributed by atoms with Crippen LogP contribution in [-0.4, -0.2) is 27.1 Å². The minimum Gasteiger partial charge on any atom is -0.409 e. The van der Waals surface area contributed by atoms with Crippen LogP contribution >= 0.6 is 0 Å². The normalized spacial score (nSPS) is 11.3. The Hall–Kier alpha value is -2.83. The van der Waals surface area contributed by atoms with Crippen molar-refractivity contribution < 1.29 is 10.0 Å². The smallest absolute Gasteiger partial charge is 0.257 e. The van der Waals surface area contributed by atoms with E-state index in [1.54, 1.807) is 12.1 Å². The lowest BCUT2D eigenvalue weighted by Crippen LogP contribution is -2.19. The minimum atomic E-state index is -0.279. The minimum absolute atomic E-state index is 0.127. The highest BCUT2D eigenvalue weighted by atomic mass is 16.4. The highest BCUT2D eigenvalue weighted by Gasteiger charge is 2.15. The largest absolute Gasteiger partial charge is 0.409 e. The van der Waals surface area contributed by atoms with Crippen LogP contribution in [0.3, 0.4) is 0 Å². The summed E-state index contributed by atoms with van der Waals surface area (Å²) in [5, 5.41) is 20.6. The molecule has 1 aromatic heterocycles. The van der Waals surface area contributed by atoms with Gasteiger partial charge in [-0.25, -0.2) is 0 Å². The summed E-state index contributed by atoms with van der Waals surface area (Å²) in [7, 11) is 0. The molecule has 1 amide bonds. The van der Waals surface area contributed by atoms with E-state index in [9.17, 15) is 4.79 Å². The predicted molar refractivity (Wildman–Crippen MR) is 74.9 cm³/mol. The molecule has 104 valence electrons. The van der Waals surface area contributed by atoms with Crippen LogP contribution in [0.2, 0.25) is 0 Å². The maximum Gasteiger partial charge on any atom is 0.257 e. The van der Waals surface area contributed by atoms with Gasteiger partial charge in [0.05, 0.1) is 11.8 Å². The molecule has 0 atom stereocenters. The molecule has 5 N–H and O–H groups in total. The van der Waals surface area contributed by atoms with Gasteiger partial charge < -0.3 is 16.3 Å². The van der Waals surface area contributed by atoms with Crippen LogP contribution in [0, 0.1) is 0 Å². The summed E-state index contributed by atoms with van der Waals surface area (Å²) in [6.45, 7) is 1.98. The first-order valence-electron chi connectivity index (χ1n) is 6.07. The van der Waals surface area contributed by atoms with E-state index in [4.69, 9.17) is 10.9 Å². The van der Waals surface area contributed by atoms with Crippen LogP contribution in [0.15, 0.2) is 35.6 Å². The summed E-state index contributed by atoms with van der Waals surface area (Å²) in [6.07, 6.45) is 2.12. The van der Waals surface area contributed by atoms with Crippen molar-refractivity contribution >= 4 is 17.6 Å². The number of amides is 1. The van der Waals surface area contributed by atoms with Gasteiger partial charge in [-0.15, -0.1) is 0 Å². The van der Waals surface area contributed by atoms with Crippen molar-refractivity contribution in [3.8, 4) is 0 Å². The zero-order valence-corrected chi connectivity index (χ0v) is 10.9. The molecule has 0 unspecified atom stereocenters. The average Bonchev–Trinajstić information content (AvgIpc) is 2.94. The topological polar surface area (TPSA) is 116 Å². The van der Waals surface area contributed by atoms with Crippen molar-refractivity contribution in [3.63, 3.8) is 0 Å². The third kappa shape index (κ3) is 2.61. The van der Waals surface area contributed by atoms with Gasteiger partial charge >= 0.3 is 0 Å². The molecule has 0 aliphatic heterocycles. The van der Waals surface area contributed by atoms with Gasteiger partial charge in [-0.1, -0.05) is 30.3 Å². The van der Waals surface area contributed by atoms with Crippen LogP contribution in [0.25, 0.3) is 0 Å².